The number of amides is 1. The van der Waals surface area contributed by atoms with Crippen LogP contribution in [0.25, 0.3) is 5.69 Å². The Hall–Kier alpha value is -2.70. The molecule has 0 aliphatic carbocycles. The molecule has 0 spiro atoms. The van der Waals surface area contributed by atoms with Gasteiger partial charge in [-0.15, -0.1) is 0 Å². The largest absolute Gasteiger partial charge is 0.336 e. The van der Waals surface area contributed by atoms with Gasteiger partial charge < -0.3 is 4.90 Å². The SMILES string of the molecule is Cc1c(C(=O)N2CCN(Cc3ccccn3)CC2)cnn1-c1cccc(Cl)c1. The fourth-order valence-electron chi connectivity index (χ4n) is 3.49. The zero-order chi connectivity index (χ0) is 19.5. The van der Waals surface area contributed by atoms with E-state index in [9.17, 15) is 4.79 Å². The summed E-state index contributed by atoms with van der Waals surface area (Å²) in [6.07, 6.45) is 3.47. The van der Waals surface area contributed by atoms with Crippen molar-refractivity contribution in [2.75, 3.05) is 26.2 Å². The number of hydrogen-bond acceptors (Lipinski definition) is 4. The molecular formula is C21H22ClN5O. The molecule has 0 saturated carbocycles. The molecule has 0 atom stereocenters. The van der Waals surface area contributed by atoms with Gasteiger partial charge in [0, 0.05) is 43.9 Å². The molecule has 3 heterocycles. The van der Waals surface area contributed by atoms with Crippen molar-refractivity contribution in [2.45, 2.75) is 13.5 Å². The third-order valence-electron chi connectivity index (χ3n) is 5.06. The van der Waals surface area contributed by atoms with Crippen molar-refractivity contribution in [1.82, 2.24) is 24.6 Å². The smallest absolute Gasteiger partial charge is 0.257 e. The number of rotatable bonds is 4. The van der Waals surface area contributed by atoms with E-state index in [4.69, 9.17) is 11.6 Å². The molecule has 0 unspecified atom stereocenters. The van der Waals surface area contributed by atoms with Gasteiger partial charge >= 0.3 is 0 Å². The molecule has 3 aromatic rings. The molecule has 1 saturated heterocycles. The molecule has 6 nitrogen and oxygen atoms in total. The maximum absolute atomic E-state index is 13.0. The van der Waals surface area contributed by atoms with Crippen molar-refractivity contribution < 1.29 is 4.79 Å². The average Bonchev–Trinajstić information content (AvgIpc) is 3.10. The predicted molar refractivity (Wildman–Crippen MR) is 109 cm³/mol. The van der Waals surface area contributed by atoms with Gasteiger partial charge in [-0.05, 0) is 37.3 Å². The van der Waals surface area contributed by atoms with Gasteiger partial charge in [0.2, 0.25) is 0 Å². The Labute approximate surface area is 169 Å². The van der Waals surface area contributed by atoms with Crippen molar-refractivity contribution in [3.8, 4) is 5.69 Å². The van der Waals surface area contributed by atoms with E-state index in [1.54, 1.807) is 10.9 Å². The normalized spacial score (nSPS) is 15.0. The van der Waals surface area contributed by atoms with E-state index in [0.29, 0.717) is 23.7 Å². The van der Waals surface area contributed by atoms with Gasteiger partial charge in [-0.2, -0.15) is 5.10 Å². The van der Waals surface area contributed by atoms with Crippen LogP contribution in [0, 0.1) is 6.92 Å². The zero-order valence-corrected chi connectivity index (χ0v) is 16.5. The Bertz CT molecular complexity index is 964. The molecule has 7 heteroatoms. The summed E-state index contributed by atoms with van der Waals surface area (Å²) in [6, 6.07) is 13.4. The van der Waals surface area contributed by atoms with E-state index in [2.05, 4.69) is 15.0 Å². The molecule has 1 fully saturated rings. The summed E-state index contributed by atoms with van der Waals surface area (Å²) in [5.41, 5.74) is 3.37. The lowest BCUT2D eigenvalue weighted by Gasteiger charge is -2.34. The number of hydrogen-bond donors (Lipinski definition) is 0. The lowest BCUT2D eigenvalue weighted by atomic mass is 10.2. The Kier molecular flexibility index (Phi) is 5.41. The molecule has 28 heavy (non-hydrogen) atoms. The summed E-state index contributed by atoms with van der Waals surface area (Å²) in [7, 11) is 0. The maximum atomic E-state index is 13.0. The van der Waals surface area contributed by atoms with Crippen LogP contribution in [0.15, 0.2) is 54.9 Å². The number of benzene rings is 1. The fourth-order valence-corrected chi connectivity index (χ4v) is 3.67. The van der Waals surface area contributed by atoms with E-state index in [1.165, 1.54) is 0 Å². The van der Waals surface area contributed by atoms with Crippen LogP contribution in [0.1, 0.15) is 21.7 Å². The van der Waals surface area contributed by atoms with Gasteiger partial charge in [-0.1, -0.05) is 23.7 Å². The van der Waals surface area contributed by atoms with Crippen molar-refractivity contribution in [3.63, 3.8) is 0 Å². The molecule has 0 N–H and O–H groups in total. The van der Waals surface area contributed by atoms with Gasteiger partial charge in [-0.25, -0.2) is 4.68 Å². The number of piperazine rings is 1. The molecule has 2 aromatic heterocycles. The minimum atomic E-state index is 0.0308. The maximum Gasteiger partial charge on any atom is 0.257 e. The van der Waals surface area contributed by atoms with E-state index < -0.39 is 0 Å². The standard InChI is InChI=1S/C21H22ClN5O/c1-16-20(14-24-27(16)19-7-4-5-17(22)13-19)21(28)26-11-9-25(10-12-26)15-18-6-2-3-8-23-18/h2-8,13-14H,9-12,15H2,1H3. The minimum absolute atomic E-state index is 0.0308. The molecule has 1 aromatic carbocycles. The van der Waals surface area contributed by atoms with Crippen LogP contribution in [0.2, 0.25) is 5.02 Å². The summed E-state index contributed by atoms with van der Waals surface area (Å²) >= 11 is 6.08. The van der Waals surface area contributed by atoms with Crippen LogP contribution in [0.5, 0.6) is 0 Å². The minimum Gasteiger partial charge on any atom is -0.336 e. The zero-order valence-electron chi connectivity index (χ0n) is 15.8. The summed E-state index contributed by atoms with van der Waals surface area (Å²) in [5, 5.41) is 5.05. The van der Waals surface area contributed by atoms with Crippen LogP contribution in [0.3, 0.4) is 0 Å². The summed E-state index contributed by atoms with van der Waals surface area (Å²) in [6.45, 7) is 5.81. The third-order valence-corrected chi connectivity index (χ3v) is 5.30. The molecule has 1 amide bonds. The second-order valence-corrected chi connectivity index (χ2v) is 7.36. The summed E-state index contributed by atoms with van der Waals surface area (Å²) in [5.74, 6) is 0.0308. The first kappa shape index (κ1) is 18.7. The number of pyridine rings is 1. The van der Waals surface area contributed by atoms with Crippen LogP contribution < -0.4 is 0 Å². The van der Waals surface area contributed by atoms with Gasteiger partial charge in [0.05, 0.1) is 28.8 Å². The molecule has 0 bridgehead atoms. The van der Waals surface area contributed by atoms with Crippen LogP contribution in [0.4, 0.5) is 0 Å². The Morgan fingerprint density at radius 3 is 2.64 bits per heavy atom. The molecule has 4 rings (SSSR count). The first-order valence-corrected chi connectivity index (χ1v) is 9.72. The molecular weight excluding hydrogens is 374 g/mol. The fraction of sp³-hybridized carbons (Fsp3) is 0.286. The number of aromatic nitrogens is 3. The van der Waals surface area contributed by atoms with E-state index in [0.717, 1.165) is 36.7 Å². The quantitative estimate of drug-likeness (QED) is 0.680. The number of carbonyl (C=O) groups excluding carboxylic acids is 1. The van der Waals surface area contributed by atoms with E-state index in [1.807, 2.05) is 60.5 Å². The van der Waals surface area contributed by atoms with Gasteiger partial charge in [0.1, 0.15) is 0 Å². The lowest BCUT2D eigenvalue weighted by molar-refractivity contribution is 0.0626. The highest BCUT2D eigenvalue weighted by Crippen LogP contribution is 2.19. The monoisotopic (exact) mass is 395 g/mol. The highest BCUT2D eigenvalue weighted by atomic mass is 35.5. The third kappa shape index (κ3) is 3.93. The average molecular weight is 396 g/mol. The predicted octanol–water partition coefficient (Wildman–Crippen LogP) is 3.19. The first-order chi connectivity index (χ1) is 13.6. The van der Waals surface area contributed by atoms with Crippen molar-refractivity contribution in [1.29, 1.82) is 0 Å². The van der Waals surface area contributed by atoms with Gasteiger partial charge in [0.15, 0.2) is 0 Å². The second-order valence-electron chi connectivity index (χ2n) is 6.92. The van der Waals surface area contributed by atoms with Crippen LogP contribution in [-0.4, -0.2) is 56.7 Å². The van der Waals surface area contributed by atoms with Crippen molar-refractivity contribution in [3.05, 3.63) is 76.8 Å². The Morgan fingerprint density at radius 2 is 1.93 bits per heavy atom. The van der Waals surface area contributed by atoms with Crippen LogP contribution >= 0.6 is 11.6 Å². The highest BCUT2D eigenvalue weighted by molar-refractivity contribution is 6.30. The molecule has 1 aliphatic rings. The van der Waals surface area contributed by atoms with Crippen LogP contribution in [-0.2, 0) is 6.54 Å². The molecule has 0 radical (unpaired) electrons. The summed E-state index contributed by atoms with van der Waals surface area (Å²) in [4.78, 5) is 21.6. The number of nitrogens with zero attached hydrogens (tertiary/aromatic N) is 5. The van der Waals surface area contributed by atoms with E-state index in [-0.39, 0.29) is 5.91 Å². The second kappa shape index (κ2) is 8.12. The Balaban J connectivity index is 1.42. The topological polar surface area (TPSA) is 54.3 Å². The number of halogens is 1. The summed E-state index contributed by atoms with van der Waals surface area (Å²) < 4.78 is 1.76. The first-order valence-electron chi connectivity index (χ1n) is 9.34. The molecule has 144 valence electrons. The van der Waals surface area contributed by atoms with E-state index >= 15 is 0 Å². The van der Waals surface area contributed by atoms with Gasteiger partial charge in [0.25, 0.3) is 5.91 Å². The lowest BCUT2D eigenvalue weighted by Crippen LogP contribution is -2.48. The van der Waals surface area contributed by atoms with Gasteiger partial charge in [-0.3, -0.25) is 14.7 Å². The molecule has 1 aliphatic heterocycles. The van der Waals surface area contributed by atoms with Crippen molar-refractivity contribution in [2.24, 2.45) is 0 Å². The van der Waals surface area contributed by atoms with Crippen molar-refractivity contribution >= 4 is 17.5 Å². The number of carbonyl (C=O) groups is 1. The highest BCUT2D eigenvalue weighted by Gasteiger charge is 2.25. The Morgan fingerprint density at radius 1 is 1.11 bits per heavy atom.